The average molecular weight is 435 g/mol. The second kappa shape index (κ2) is 8.57. The topological polar surface area (TPSA) is 84.2 Å². The van der Waals surface area contributed by atoms with Crippen LogP contribution in [0.3, 0.4) is 0 Å². The van der Waals surface area contributed by atoms with Crippen LogP contribution in [0.15, 0.2) is 41.2 Å². The molecule has 32 heavy (non-hydrogen) atoms. The van der Waals surface area contributed by atoms with Gasteiger partial charge >= 0.3 is 5.97 Å². The van der Waals surface area contributed by atoms with E-state index in [-0.39, 0.29) is 17.2 Å². The summed E-state index contributed by atoms with van der Waals surface area (Å²) in [6.45, 7) is 3.79. The molecule has 1 aliphatic carbocycles. The molecule has 1 aromatic heterocycles. The van der Waals surface area contributed by atoms with Gasteiger partial charge in [-0.05, 0) is 74.9 Å². The van der Waals surface area contributed by atoms with Gasteiger partial charge in [0.25, 0.3) is 5.56 Å². The highest BCUT2D eigenvalue weighted by atomic mass is 19.1. The highest BCUT2D eigenvalue weighted by Crippen LogP contribution is 2.30. The van der Waals surface area contributed by atoms with Crippen molar-refractivity contribution < 1.29 is 14.3 Å². The minimum absolute atomic E-state index is 0.110. The van der Waals surface area contributed by atoms with E-state index in [1.165, 1.54) is 12.1 Å². The Bertz CT molecular complexity index is 1310. The van der Waals surface area contributed by atoms with E-state index in [2.05, 4.69) is 11.4 Å². The summed E-state index contributed by atoms with van der Waals surface area (Å²) in [5.74, 6) is -1.16. The molecule has 6 nitrogen and oxygen atoms in total. The molecule has 1 aliphatic rings. The molecule has 0 bridgehead atoms. The summed E-state index contributed by atoms with van der Waals surface area (Å²) in [6, 6.07) is 7.05. The lowest BCUT2D eigenvalue weighted by molar-refractivity contribution is 0.0697. The number of halogens is 1. The summed E-state index contributed by atoms with van der Waals surface area (Å²) in [6.07, 6.45) is 6.23. The Morgan fingerprint density at radius 1 is 1.25 bits per heavy atom. The predicted octanol–water partition coefficient (Wildman–Crippen LogP) is 5.21. The van der Waals surface area contributed by atoms with Crippen LogP contribution in [0, 0.1) is 12.7 Å². The van der Waals surface area contributed by atoms with Gasteiger partial charge in [0.2, 0.25) is 0 Å². The average Bonchev–Trinajstić information content (AvgIpc) is 2.77. The predicted molar refractivity (Wildman–Crippen MR) is 124 cm³/mol. The largest absolute Gasteiger partial charge is 0.478 e. The van der Waals surface area contributed by atoms with E-state index in [0.717, 1.165) is 48.4 Å². The van der Waals surface area contributed by atoms with Crippen LogP contribution in [0.2, 0.25) is 0 Å². The van der Waals surface area contributed by atoms with Gasteiger partial charge in [0.1, 0.15) is 11.6 Å². The third kappa shape index (κ3) is 4.02. The highest BCUT2D eigenvalue weighted by molar-refractivity contribution is 5.94. The lowest BCUT2D eigenvalue weighted by Crippen LogP contribution is -2.24. The number of benzene rings is 2. The summed E-state index contributed by atoms with van der Waals surface area (Å²) >= 11 is 0. The first-order valence-electron chi connectivity index (χ1n) is 10.8. The van der Waals surface area contributed by atoms with Crippen LogP contribution in [0.25, 0.3) is 16.5 Å². The number of nitrogens with one attached hydrogen (secondary N) is 1. The van der Waals surface area contributed by atoms with Gasteiger partial charge in [-0.2, -0.15) is 0 Å². The van der Waals surface area contributed by atoms with Gasteiger partial charge in [0.05, 0.1) is 22.5 Å². The maximum Gasteiger partial charge on any atom is 0.337 e. The quantitative estimate of drug-likeness (QED) is 0.575. The second-order valence-corrected chi connectivity index (χ2v) is 8.39. The van der Waals surface area contributed by atoms with E-state index in [9.17, 15) is 19.1 Å². The molecule has 0 amide bonds. The van der Waals surface area contributed by atoms with Crippen LogP contribution in [-0.4, -0.2) is 20.6 Å². The van der Waals surface area contributed by atoms with Crippen molar-refractivity contribution in [3.05, 3.63) is 75.1 Å². The van der Waals surface area contributed by atoms with Crippen molar-refractivity contribution in [3.63, 3.8) is 0 Å². The Kier molecular flexibility index (Phi) is 5.82. The Morgan fingerprint density at radius 2 is 2.03 bits per heavy atom. The van der Waals surface area contributed by atoms with E-state index in [0.29, 0.717) is 22.4 Å². The number of carboxylic acid groups (broad SMARTS) is 1. The molecule has 2 N–H and O–H groups in total. The lowest BCUT2D eigenvalue weighted by atomic mass is 9.97. The maximum absolute atomic E-state index is 13.6. The van der Waals surface area contributed by atoms with E-state index >= 15 is 0 Å². The molecule has 3 aromatic rings. The minimum Gasteiger partial charge on any atom is -0.478 e. The van der Waals surface area contributed by atoms with Gasteiger partial charge in [-0.15, -0.1) is 0 Å². The Labute approximate surface area is 185 Å². The van der Waals surface area contributed by atoms with Crippen molar-refractivity contribution in [3.8, 4) is 0 Å². The zero-order valence-electron chi connectivity index (χ0n) is 18.4. The van der Waals surface area contributed by atoms with E-state index < -0.39 is 11.8 Å². The number of nitrogens with zero attached hydrogens (tertiary/aromatic N) is 2. The summed E-state index contributed by atoms with van der Waals surface area (Å²) < 4.78 is 15.2. The zero-order valence-corrected chi connectivity index (χ0v) is 18.4. The number of hydrogen-bond acceptors (Lipinski definition) is 4. The monoisotopic (exact) mass is 435 g/mol. The number of rotatable bonds is 5. The van der Waals surface area contributed by atoms with Gasteiger partial charge in [-0.1, -0.05) is 12.1 Å². The van der Waals surface area contributed by atoms with Crippen molar-refractivity contribution >= 4 is 28.1 Å². The molecular weight excluding hydrogens is 409 g/mol. The molecule has 0 aliphatic heterocycles. The lowest BCUT2D eigenvalue weighted by Gasteiger charge is -2.21. The molecule has 1 heterocycles. The molecule has 2 aromatic carbocycles. The number of carboxylic acids is 1. The smallest absolute Gasteiger partial charge is 0.337 e. The second-order valence-electron chi connectivity index (χ2n) is 8.39. The molecule has 4 rings (SSSR count). The van der Waals surface area contributed by atoms with Crippen molar-refractivity contribution in [1.82, 2.24) is 9.55 Å². The Hall–Kier alpha value is -3.48. The van der Waals surface area contributed by atoms with Crippen molar-refractivity contribution in [2.75, 3.05) is 5.32 Å². The third-order valence-corrected chi connectivity index (χ3v) is 5.98. The van der Waals surface area contributed by atoms with Gasteiger partial charge in [-0.3, -0.25) is 9.36 Å². The minimum atomic E-state index is -1.22. The first-order valence-corrected chi connectivity index (χ1v) is 10.8. The summed E-state index contributed by atoms with van der Waals surface area (Å²) in [7, 11) is 1.75. The molecule has 0 saturated carbocycles. The van der Waals surface area contributed by atoms with Gasteiger partial charge in [0.15, 0.2) is 0 Å². The van der Waals surface area contributed by atoms with Crippen molar-refractivity contribution in [1.29, 1.82) is 0 Å². The molecule has 0 spiro atoms. The van der Waals surface area contributed by atoms with Crippen molar-refractivity contribution in [2.24, 2.45) is 7.05 Å². The van der Waals surface area contributed by atoms with Gasteiger partial charge in [0, 0.05) is 18.3 Å². The molecule has 0 fully saturated rings. The number of aromatic nitrogens is 2. The van der Waals surface area contributed by atoms with Crippen LogP contribution in [0.4, 0.5) is 10.1 Å². The fraction of sp³-hybridized carbons (Fsp3) is 0.320. The number of aryl methyl sites for hydroxylation is 1. The van der Waals surface area contributed by atoms with E-state index in [1.807, 2.05) is 26.0 Å². The summed E-state index contributed by atoms with van der Waals surface area (Å²) in [5, 5.41) is 13.2. The Morgan fingerprint density at radius 3 is 2.72 bits per heavy atom. The fourth-order valence-corrected chi connectivity index (χ4v) is 4.34. The van der Waals surface area contributed by atoms with Crippen molar-refractivity contribution in [2.45, 2.75) is 45.6 Å². The molecule has 0 radical (unpaired) electrons. The van der Waals surface area contributed by atoms with E-state index in [4.69, 9.17) is 4.98 Å². The molecular formula is C25H26FN3O3. The third-order valence-electron chi connectivity index (χ3n) is 5.98. The summed E-state index contributed by atoms with van der Waals surface area (Å²) in [5.41, 5.74) is 3.42. The molecule has 7 heteroatoms. The van der Waals surface area contributed by atoms with Crippen LogP contribution in [0.1, 0.15) is 66.0 Å². The van der Waals surface area contributed by atoms with Gasteiger partial charge in [-0.25, -0.2) is 14.2 Å². The normalized spacial score (nSPS) is 14.8. The first-order chi connectivity index (χ1) is 15.3. The number of aromatic carboxylic acids is 1. The number of carbonyl (C=O) groups is 1. The fourth-order valence-electron chi connectivity index (χ4n) is 4.34. The SMILES string of the molecule is Cc1cc([C@@H](C)Nc2ccc(F)cc2C(=O)O)c2nc(C3=CCCCC3)n(C)c(=O)c2c1. The zero-order chi connectivity index (χ0) is 23.0. The molecule has 0 unspecified atom stereocenters. The number of fused-ring (bicyclic) bond motifs is 1. The van der Waals surface area contributed by atoms with Crippen LogP contribution in [0.5, 0.6) is 0 Å². The van der Waals surface area contributed by atoms with Crippen LogP contribution < -0.4 is 10.9 Å². The standard InChI is InChI=1S/C25H26FN3O3/c1-14-11-18(15(2)27-21-10-9-17(26)13-19(21)25(31)32)22-20(12-14)24(30)29(3)23(28-22)16-7-5-4-6-8-16/h7,9-13,15,27H,4-6,8H2,1-3H3,(H,31,32)/t15-/m1/s1. The number of anilines is 1. The molecule has 0 saturated heterocycles. The van der Waals surface area contributed by atoms with Gasteiger partial charge < -0.3 is 10.4 Å². The number of hydrogen-bond donors (Lipinski definition) is 2. The van der Waals surface area contributed by atoms with Crippen LogP contribution in [-0.2, 0) is 7.05 Å². The molecule has 1 atom stereocenters. The Balaban J connectivity index is 1.85. The molecule has 166 valence electrons. The maximum atomic E-state index is 13.6. The first kappa shape index (κ1) is 21.7. The highest BCUT2D eigenvalue weighted by Gasteiger charge is 2.20. The number of allylic oxidation sites excluding steroid dienone is 2. The van der Waals surface area contributed by atoms with E-state index in [1.54, 1.807) is 11.6 Å². The van der Waals surface area contributed by atoms with Crippen LogP contribution >= 0.6 is 0 Å². The summed E-state index contributed by atoms with van der Waals surface area (Å²) in [4.78, 5) is 29.7.